The molecule has 0 N–H and O–H groups in total. The number of fused-ring (bicyclic) bond motifs is 1. The van der Waals surface area contributed by atoms with Crippen LogP contribution >= 0.6 is 0 Å². The van der Waals surface area contributed by atoms with Gasteiger partial charge in [0.25, 0.3) is 5.89 Å². The lowest BCUT2D eigenvalue weighted by Crippen LogP contribution is -2.37. The third kappa shape index (κ3) is 3.37. The molecular weight excluding hydrogens is 373 g/mol. The molecule has 8 nitrogen and oxygen atoms in total. The first kappa shape index (κ1) is 17.8. The van der Waals surface area contributed by atoms with E-state index < -0.39 is 15.8 Å². The van der Waals surface area contributed by atoms with Crippen LogP contribution in [0.25, 0.3) is 11.6 Å². The van der Waals surface area contributed by atoms with Gasteiger partial charge >= 0.3 is 0 Å². The average molecular weight is 391 g/mol. The first-order valence-corrected chi connectivity index (χ1v) is 10.0. The standard InChI is InChI=1S/C17H18FN5O3S/c1-11-19-17(26-21-11)16-14-9-23(7-6-15(14)22(2)20-16)27(24,25)10-12-4-3-5-13(18)8-12/h3-5,8H,6-7,9-10H2,1-2H3. The van der Waals surface area contributed by atoms with E-state index in [9.17, 15) is 12.8 Å². The molecule has 0 spiro atoms. The van der Waals surface area contributed by atoms with Gasteiger partial charge in [-0.2, -0.15) is 14.4 Å². The van der Waals surface area contributed by atoms with E-state index in [0.717, 1.165) is 11.3 Å². The second-order valence-electron chi connectivity index (χ2n) is 6.51. The quantitative estimate of drug-likeness (QED) is 0.673. The van der Waals surface area contributed by atoms with Crippen LogP contribution in [0.15, 0.2) is 28.8 Å². The van der Waals surface area contributed by atoms with Crippen LogP contribution in [0.3, 0.4) is 0 Å². The van der Waals surface area contributed by atoms with Crippen molar-refractivity contribution < 1.29 is 17.3 Å². The van der Waals surface area contributed by atoms with Crippen molar-refractivity contribution in [3.63, 3.8) is 0 Å². The smallest absolute Gasteiger partial charge is 0.278 e. The lowest BCUT2D eigenvalue weighted by Gasteiger charge is -2.26. The molecule has 2 aromatic heterocycles. The molecule has 0 aliphatic carbocycles. The average Bonchev–Trinajstić information content (AvgIpc) is 3.18. The van der Waals surface area contributed by atoms with Crippen molar-refractivity contribution in [2.45, 2.75) is 25.6 Å². The molecule has 0 fully saturated rings. The van der Waals surface area contributed by atoms with E-state index >= 15 is 0 Å². The molecule has 0 unspecified atom stereocenters. The monoisotopic (exact) mass is 391 g/mol. The van der Waals surface area contributed by atoms with E-state index in [-0.39, 0.29) is 18.2 Å². The summed E-state index contributed by atoms with van der Waals surface area (Å²) in [5.74, 6) is 0.0458. The Balaban J connectivity index is 1.64. The summed E-state index contributed by atoms with van der Waals surface area (Å²) in [6, 6.07) is 5.64. The summed E-state index contributed by atoms with van der Waals surface area (Å²) in [6.45, 7) is 2.21. The number of rotatable bonds is 4. The van der Waals surface area contributed by atoms with Gasteiger partial charge in [-0.25, -0.2) is 12.8 Å². The second kappa shape index (κ2) is 6.54. The predicted molar refractivity (Wildman–Crippen MR) is 94.4 cm³/mol. The first-order chi connectivity index (χ1) is 12.8. The lowest BCUT2D eigenvalue weighted by molar-refractivity contribution is 0.384. The predicted octanol–water partition coefficient (Wildman–Crippen LogP) is 1.81. The summed E-state index contributed by atoms with van der Waals surface area (Å²) in [5, 5.41) is 8.22. The van der Waals surface area contributed by atoms with Gasteiger partial charge in [-0.15, -0.1) is 0 Å². The molecule has 0 bridgehead atoms. The molecule has 10 heteroatoms. The molecule has 1 aliphatic rings. The van der Waals surface area contributed by atoms with Crippen molar-refractivity contribution in [1.29, 1.82) is 0 Å². The normalized spacial score (nSPS) is 15.1. The summed E-state index contributed by atoms with van der Waals surface area (Å²) < 4.78 is 47.4. The maximum Gasteiger partial charge on any atom is 0.278 e. The van der Waals surface area contributed by atoms with Gasteiger partial charge in [-0.3, -0.25) is 4.68 Å². The number of hydrogen-bond donors (Lipinski definition) is 0. The van der Waals surface area contributed by atoms with E-state index in [1.54, 1.807) is 17.7 Å². The molecule has 142 valence electrons. The maximum absolute atomic E-state index is 13.4. The number of sulfonamides is 1. The molecular formula is C17H18FN5O3S. The highest BCUT2D eigenvalue weighted by molar-refractivity contribution is 7.88. The number of hydrogen-bond acceptors (Lipinski definition) is 6. The minimum Gasteiger partial charge on any atom is -0.332 e. The van der Waals surface area contributed by atoms with Crippen molar-refractivity contribution >= 4 is 10.0 Å². The Hall–Kier alpha value is -2.59. The van der Waals surface area contributed by atoms with Gasteiger partial charge in [0.2, 0.25) is 10.0 Å². The Bertz CT molecular complexity index is 1110. The van der Waals surface area contributed by atoms with Crippen LogP contribution < -0.4 is 0 Å². The van der Waals surface area contributed by atoms with E-state index in [0.29, 0.717) is 30.0 Å². The molecule has 4 rings (SSSR count). The Morgan fingerprint density at radius 3 is 2.85 bits per heavy atom. The van der Waals surface area contributed by atoms with Crippen LogP contribution in [-0.2, 0) is 35.8 Å². The zero-order valence-electron chi connectivity index (χ0n) is 14.9. The number of halogens is 1. The number of benzene rings is 1. The SMILES string of the molecule is Cc1noc(-c2nn(C)c3c2CN(S(=O)(=O)Cc2cccc(F)c2)CC3)n1. The zero-order chi connectivity index (χ0) is 19.2. The minimum atomic E-state index is -3.62. The summed E-state index contributed by atoms with van der Waals surface area (Å²) in [5.41, 5.74) is 2.62. The fraction of sp³-hybridized carbons (Fsp3) is 0.353. The Kier molecular flexibility index (Phi) is 4.31. The molecule has 0 saturated carbocycles. The molecule has 3 aromatic rings. The van der Waals surface area contributed by atoms with Crippen molar-refractivity contribution in [1.82, 2.24) is 24.2 Å². The van der Waals surface area contributed by atoms with E-state index in [2.05, 4.69) is 15.2 Å². The Morgan fingerprint density at radius 2 is 2.15 bits per heavy atom. The van der Waals surface area contributed by atoms with Crippen LogP contribution in [0, 0.1) is 12.7 Å². The van der Waals surface area contributed by atoms with Gasteiger partial charge in [0.15, 0.2) is 11.5 Å². The number of aromatic nitrogens is 4. The highest BCUT2D eigenvalue weighted by Crippen LogP contribution is 2.30. The van der Waals surface area contributed by atoms with Crippen molar-refractivity contribution in [2.75, 3.05) is 6.54 Å². The molecule has 0 saturated heterocycles. The van der Waals surface area contributed by atoms with Crippen LogP contribution in [0.1, 0.15) is 22.6 Å². The minimum absolute atomic E-state index is 0.164. The van der Waals surface area contributed by atoms with Gasteiger partial charge in [0.05, 0.1) is 5.75 Å². The van der Waals surface area contributed by atoms with E-state index in [1.807, 2.05) is 7.05 Å². The fourth-order valence-corrected chi connectivity index (χ4v) is 4.78. The van der Waals surface area contributed by atoms with Crippen LogP contribution in [0.5, 0.6) is 0 Å². The Morgan fingerprint density at radius 1 is 1.33 bits per heavy atom. The molecule has 1 aromatic carbocycles. The van der Waals surface area contributed by atoms with Gasteiger partial charge in [0, 0.05) is 37.8 Å². The van der Waals surface area contributed by atoms with Crippen LogP contribution in [0.4, 0.5) is 4.39 Å². The largest absolute Gasteiger partial charge is 0.332 e. The second-order valence-corrected chi connectivity index (χ2v) is 8.48. The van der Waals surface area contributed by atoms with E-state index in [4.69, 9.17) is 4.52 Å². The van der Waals surface area contributed by atoms with Gasteiger partial charge in [-0.1, -0.05) is 17.3 Å². The maximum atomic E-state index is 13.4. The molecule has 0 radical (unpaired) electrons. The summed E-state index contributed by atoms with van der Waals surface area (Å²) in [6.07, 6.45) is 0.522. The third-order valence-electron chi connectivity index (χ3n) is 4.57. The fourth-order valence-electron chi connectivity index (χ4n) is 3.30. The van der Waals surface area contributed by atoms with Crippen LogP contribution in [0.2, 0.25) is 0 Å². The van der Waals surface area contributed by atoms with Gasteiger partial charge in [-0.05, 0) is 24.6 Å². The molecule has 0 amide bonds. The number of aryl methyl sites for hydroxylation is 2. The molecule has 3 heterocycles. The summed E-state index contributed by atoms with van der Waals surface area (Å²) >= 11 is 0. The highest BCUT2D eigenvalue weighted by Gasteiger charge is 2.32. The zero-order valence-corrected chi connectivity index (χ0v) is 15.7. The van der Waals surface area contributed by atoms with Crippen molar-refractivity contribution in [3.8, 4) is 11.6 Å². The third-order valence-corrected chi connectivity index (χ3v) is 6.37. The van der Waals surface area contributed by atoms with Crippen molar-refractivity contribution in [3.05, 3.63) is 52.7 Å². The van der Waals surface area contributed by atoms with Crippen molar-refractivity contribution in [2.24, 2.45) is 7.05 Å². The summed E-state index contributed by atoms with van der Waals surface area (Å²) in [4.78, 5) is 4.20. The highest BCUT2D eigenvalue weighted by atomic mass is 32.2. The number of nitrogens with zero attached hydrogens (tertiary/aromatic N) is 5. The molecule has 1 aliphatic heterocycles. The molecule has 27 heavy (non-hydrogen) atoms. The van der Waals surface area contributed by atoms with Crippen LogP contribution in [-0.4, -0.2) is 39.2 Å². The Labute approximate surface area is 155 Å². The molecule has 0 atom stereocenters. The van der Waals surface area contributed by atoms with Gasteiger partial charge < -0.3 is 4.52 Å². The first-order valence-electron chi connectivity index (χ1n) is 8.41. The lowest BCUT2D eigenvalue weighted by atomic mass is 10.1. The van der Waals surface area contributed by atoms with Gasteiger partial charge in [0.1, 0.15) is 5.82 Å². The summed E-state index contributed by atoms with van der Waals surface area (Å²) in [7, 11) is -1.81. The van der Waals surface area contributed by atoms with E-state index in [1.165, 1.54) is 22.5 Å². The topological polar surface area (TPSA) is 94.1 Å².